The minimum Gasteiger partial charge on any atom is -0.490 e. The van der Waals surface area contributed by atoms with Crippen LogP contribution in [0, 0.1) is 5.82 Å². The fourth-order valence-corrected chi connectivity index (χ4v) is 1.79. The van der Waals surface area contributed by atoms with Crippen LogP contribution in [-0.2, 0) is 0 Å². The van der Waals surface area contributed by atoms with Crippen molar-refractivity contribution in [3.05, 3.63) is 22.5 Å². The number of rotatable bonds is 2. The van der Waals surface area contributed by atoms with Crippen molar-refractivity contribution in [1.29, 1.82) is 0 Å². The Morgan fingerprint density at radius 3 is 3.12 bits per heavy atom. The van der Waals surface area contributed by atoms with Gasteiger partial charge in [0.15, 0.2) is 11.7 Å². The zero-order valence-electron chi connectivity index (χ0n) is 8.76. The molecule has 0 aromatic heterocycles. The Bertz CT molecular complexity index is 479. The molecule has 0 atom stereocenters. The van der Waals surface area contributed by atoms with Crippen LogP contribution in [0.25, 0.3) is 0 Å². The van der Waals surface area contributed by atoms with Gasteiger partial charge < -0.3 is 15.8 Å². The standard InChI is InChI=1S/C9H11ClFN5O/c10-4-3-5-8(14-1-2-17-5)6(7(4)11)9(12)15-16-13/h3,14,16H,1-2,13H2,(H2,12,15). The smallest absolute Gasteiger partial charge is 0.157 e. The normalized spacial score (nSPS) is 14.6. The monoisotopic (exact) mass is 259 g/mol. The predicted octanol–water partition coefficient (Wildman–Crippen LogP) is 0.367. The van der Waals surface area contributed by atoms with Crippen LogP contribution in [0.5, 0.6) is 5.75 Å². The van der Waals surface area contributed by atoms with Crippen LogP contribution in [0.3, 0.4) is 0 Å². The number of halogens is 2. The van der Waals surface area contributed by atoms with E-state index >= 15 is 0 Å². The zero-order valence-corrected chi connectivity index (χ0v) is 9.51. The van der Waals surface area contributed by atoms with Crippen LogP contribution in [0.1, 0.15) is 5.56 Å². The maximum absolute atomic E-state index is 13.9. The molecule has 0 saturated heterocycles. The Labute approximate surface area is 102 Å². The Balaban J connectivity index is 2.62. The first-order valence-electron chi connectivity index (χ1n) is 4.83. The number of fused-ring (bicyclic) bond motifs is 1. The van der Waals surface area contributed by atoms with Crippen LogP contribution in [0.15, 0.2) is 11.2 Å². The molecule has 0 radical (unpaired) electrons. The molecule has 0 bridgehead atoms. The van der Waals surface area contributed by atoms with Crippen LogP contribution in [-0.4, -0.2) is 19.0 Å². The number of benzene rings is 1. The summed E-state index contributed by atoms with van der Waals surface area (Å²) in [6.45, 7) is 1.02. The fraction of sp³-hybridized carbons (Fsp3) is 0.222. The number of hydrogen-bond donors (Lipinski definition) is 4. The van der Waals surface area contributed by atoms with Gasteiger partial charge in [-0.2, -0.15) is 0 Å². The molecular formula is C9H11ClFN5O. The number of hydrogen-bond acceptors (Lipinski definition) is 5. The lowest BCUT2D eigenvalue weighted by molar-refractivity contribution is 0.322. The highest BCUT2D eigenvalue weighted by Gasteiger charge is 2.23. The molecule has 1 aromatic rings. The third kappa shape index (κ3) is 2.06. The molecule has 6 N–H and O–H groups in total. The predicted molar refractivity (Wildman–Crippen MR) is 63.4 cm³/mol. The molecule has 0 saturated carbocycles. The lowest BCUT2D eigenvalue weighted by atomic mass is 10.1. The van der Waals surface area contributed by atoms with Crippen molar-refractivity contribution in [3.8, 4) is 5.75 Å². The molecule has 8 heteroatoms. The number of hydrazone groups is 1. The van der Waals surface area contributed by atoms with Crippen LogP contribution in [0.2, 0.25) is 5.02 Å². The van der Waals surface area contributed by atoms with Gasteiger partial charge in [-0.1, -0.05) is 11.6 Å². The number of anilines is 1. The summed E-state index contributed by atoms with van der Waals surface area (Å²) in [5, 5.41) is 6.43. The molecule has 0 unspecified atom stereocenters. The highest BCUT2D eigenvalue weighted by atomic mass is 35.5. The largest absolute Gasteiger partial charge is 0.490 e. The summed E-state index contributed by atoms with van der Waals surface area (Å²) in [4.78, 5) is 0. The molecule has 0 spiro atoms. The van der Waals surface area contributed by atoms with E-state index in [1.54, 1.807) is 0 Å². The number of nitrogens with one attached hydrogen (secondary N) is 2. The Kier molecular flexibility index (Phi) is 3.21. The van der Waals surface area contributed by atoms with Crippen molar-refractivity contribution < 1.29 is 9.13 Å². The zero-order chi connectivity index (χ0) is 12.4. The number of amidine groups is 1. The molecule has 1 aromatic carbocycles. The van der Waals surface area contributed by atoms with E-state index in [-0.39, 0.29) is 16.4 Å². The second kappa shape index (κ2) is 4.64. The van der Waals surface area contributed by atoms with Gasteiger partial charge in [-0.25, -0.2) is 15.8 Å². The van der Waals surface area contributed by atoms with E-state index in [1.807, 2.05) is 5.53 Å². The van der Waals surface area contributed by atoms with Gasteiger partial charge in [0.2, 0.25) is 0 Å². The first-order valence-corrected chi connectivity index (χ1v) is 5.20. The second-order valence-corrected chi connectivity index (χ2v) is 3.73. The molecular weight excluding hydrogens is 249 g/mol. The number of nitrogens with zero attached hydrogens (tertiary/aromatic N) is 1. The average molecular weight is 260 g/mol. The van der Waals surface area contributed by atoms with E-state index in [1.165, 1.54) is 6.07 Å². The third-order valence-corrected chi connectivity index (χ3v) is 2.56. The van der Waals surface area contributed by atoms with Gasteiger partial charge in [-0.05, 0) is 0 Å². The number of ether oxygens (including phenoxy) is 1. The molecule has 1 aliphatic heterocycles. The van der Waals surface area contributed by atoms with Gasteiger partial charge in [-0.15, -0.1) is 5.10 Å². The topological polar surface area (TPSA) is 97.7 Å². The molecule has 0 amide bonds. The van der Waals surface area contributed by atoms with E-state index in [9.17, 15) is 4.39 Å². The van der Waals surface area contributed by atoms with Gasteiger partial charge in [-0.3, -0.25) is 0 Å². The van der Waals surface area contributed by atoms with E-state index in [0.29, 0.717) is 24.6 Å². The molecule has 0 aliphatic carbocycles. The lowest BCUT2D eigenvalue weighted by Crippen LogP contribution is -2.27. The summed E-state index contributed by atoms with van der Waals surface area (Å²) < 4.78 is 19.3. The molecule has 2 rings (SSSR count). The van der Waals surface area contributed by atoms with Crippen molar-refractivity contribution in [2.24, 2.45) is 16.7 Å². The van der Waals surface area contributed by atoms with Crippen molar-refractivity contribution in [2.45, 2.75) is 0 Å². The highest BCUT2D eigenvalue weighted by molar-refractivity contribution is 6.31. The van der Waals surface area contributed by atoms with E-state index in [2.05, 4.69) is 10.4 Å². The first kappa shape index (κ1) is 11.7. The fourth-order valence-electron chi connectivity index (χ4n) is 1.60. The van der Waals surface area contributed by atoms with Crippen molar-refractivity contribution >= 4 is 23.1 Å². The van der Waals surface area contributed by atoms with Crippen molar-refractivity contribution in [2.75, 3.05) is 18.5 Å². The SMILES string of the molecule is NN/N=C(\N)c1c(F)c(Cl)cc2c1NCCO2. The number of nitrogens with two attached hydrogens (primary N) is 2. The van der Waals surface area contributed by atoms with Crippen molar-refractivity contribution in [3.63, 3.8) is 0 Å². The molecule has 1 aliphatic rings. The maximum Gasteiger partial charge on any atom is 0.157 e. The third-order valence-electron chi connectivity index (χ3n) is 2.29. The summed E-state index contributed by atoms with van der Waals surface area (Å²) in [7, 11) is 0. The number of hydrazine groups is 1. The van der Waals surface area contributed by atoms with Gasteiger partial charge in [0.05, 0.1) is 16.3 Å². The van der Waals surface area contributed by atoms with E-state index in [0.717, 1.165) is 0 Å². The van der Waals surface area contributed by atoms with Gasteiger partial charge in [0, 0.05) is 12.6 Å². The molecule has 1 heterocycles. The Morgan fingerprint density at radius 2 is 2.41 bits per heavy atom. The van der Waals surface area contributed by atoms with Gasteiger partial charge in [0.1, 0.15) is 12.4 Å². The average Bonchev–Trinajstić information content (AvgIpc) is 2.31. The Hall–Kier alpha value is -1.73. The first-order chi connectivity index (χ1) is 8.15. The second-order valence-electron chi connectivity index (χ2n) is 3.32. The molecule has 0 fully saturated rings. The molecule has 6 nitrogen and oxygen atoms in total. The van der Waals surface area contributed by atoms with E-state index in [4.69, 9.17) is 27.9 Å². The minimum atomic E-state index is -0.667. The maximum atomic E-state index is 13.9. The van der Waals surface area contributed by atoms with Crippen LogP contribution in [0.4, 0.5) is 10.1 Å². The Morgan fingerprint density at radius 1 is 1.65 bits per heavy atom. The molecule has 92 valence electrons. The molecule has 17 heavy (non-hydrogen) atoms. The van der Waals surface area contributed by atoms with Crippen LogP contribution < -0.4 is 27.2 Å². The highest BCUT2D eigenvalue weighted by Crippen LogP contribution is 2.36. The quantitative estimate of drug-likeness (QED) is 0.266. The summed E-state index contributed by atoms with van der Waals surface area (Å²) in [6.07, 6.45) is 0. The van der Waals surface area contributed by atoms with Crippen molar-refractivity contribution in [1.82, 2.24) is 5.53 Å². The summed E-state index contributed by atoms with van der Waals surface area (Å²) in [5.41, 5.74) is 8.09. The summed E-state index contributed by atoms with van der Waals surface area (Å²) in [6, 6.07) is 1.39. The van der Waals surface area contributed by atoms with Crippen LogP contribution >= 0.6 is 11.6 Å². The summed E-state index contributed by atoms with van der Waals surface area (Å²) >= 11 is 5.75. The lowest BCUT2D eigenvalue weighted by Gasteiger charge is -2.22. The minimum absolute atomic E-state index is 0.0464. The van der Waals surface area contributed by atoms with E-state index < -0.39 is 5.82 Å². The summed E-state index contributed by atoms with van der Waals surface area (Å²) in [5.74, 6) is 4.67. The van der Waals surface area contributed by atoms with Gasteiger partial charge >= 0.3 is 0 Å². The van der Waals surface area contributed by atoms with Gasteiger partial charge in [0.25, 0.3) is 0 Å².